The van der Waals surface area contributed by atoms with Gasteiger partial charge in [-0.15, -0.1) is 0 Å². The fourth-order valence-electron chi connectivity index (χ4n) is 6.29. The third kappa shape index (κ3) is 7.40. The number of rotatable bonds is 10. The van der Waals surface area contributed by atoms with Gasteiger partial charge in [0.1, 0.15) is 21.1 Å². The van der Waals surface area contributed by atoms with Gasteiger partial charge in [-0.25, -0.2) is 0 Å². The zero-order valence-corrected chi connectivity index (χ0v) is 29.4. The first kappa shape index (κ1) is 34.3. The van der Waals surface area contributed by atoms with E-state index in [1.165, 1.54) is 29.2 Å². The monoisotopic (exact) mass is 704 g/mol. The number of ether oxygens (including phenoxy) is 1. The molecule has 1 heterocycles. The summed E-state index contributed by atoms with van der Waals surface area (Å²) in [5.74, 6) is -0.982. The lowest BCUT2D eigenvalue weighted by atomic mass is 9.90. The highest BCUT2D eigenvalue weighted by Crippen LogP contribution is 2.43. The number of carbonyl (C=O) groups excluding carboxylic acids is 1. The van der Waals surface area contributed by atoms with E-state index in [-0.39, 0.29) is 58.0 Å². The van der Waals surface area contributed by atoms with Gasteiger partial charge in [0.25, 0.3) is 5.91 Å². The molecule has 0 unspecified atom stereocenters. The molecule has 0 atom stereocenters. The summed E-state index contributed by atoms with van der Waals surface area (Å²) in [6, 6.07) is 18.8. The second kappa shape index (κ2) is 13.8. The topological polar surface area (TPSA) is 142 Å². The molecule has 10 nitrogen and oxygen atoms in total. The zero-order valence-electron chi connectivity index (χ0n) is 27.8. The maximum Gasteiger partial charge on any atom is 0.339 e. The van der Waals surface area contributed by atoms with Crippen molar-refractivity contribution in [3.63, 3.8) is 0 Å². The van der Waals surface area contributed by atoms with Crippen molar-refractivity contribution < 1.29 is 34.7 Å². The Balaban J connectivity index is 1.49. The second-order valence-corrected chi connectivity index (χ2v) is 16.0. The van der Waals surface area contributed by atoms with Crippen molar-refractivity contribution in [2.75, 3.05) is 12.3 Å². The van der Waals surface area contributed by atoms with Gasteiger partial charge in [0.2, 0.25) is 0 Å². The molecule has 4 aromatic carbocycles. The van der Waals surface area contributed by atoms with Crippen LogP contribution in [0.15, 0.2) is 82.6 Å². The Hall–Kier alpha value is -4.55. The minimum atomic E-state index is -4.50. The molecule has 1 saturated carbocycles. The maximum absolute atomic E-state index is 14.6. The first-order chi connectivity index (χ1) is 23.3. The average molecular weight is 705 g/mol. The lowest BCUT2D eigenvalue weighted by Crippen LogP contribution is -2.28. The number of aryl methyl sites for hydroxylation is 2. The quantitative estimate of drug-likeness (QED) is 0.139. The molecule has 1 aliphatic heterocycles. The van der Waals surface area contributed by atoms with Crippen LogP contribution in [0, 0.1) is 26.7 Å². The van der Waals surface area contributed by atoms with Crippen LogP contribution in [0.5, 0.6) is 17.2 Å². The number of amides is 1. The molecule has 6 rings (SSSR count). The van der Waals surface area contributed by atoms with Crippen molar-refractivity contribution in [3.8, 4) is 17.2 Å². The fourth-order valence-corrected chi connectivity index (χ4v) is 8.20. The van der Waals surface area contributed by atoms with E-state index < -0.39 is 31.9 Å². The molecule has 0 bridgehead atoms. The predicted octanol–water partition coefficient (Wildman–Crippen LogP) is 6.84. The molecule has 1 fully saturated rings. The highest BCUT2D eigenvalue weighted by molar-refractivity contribution is 7.87. The molecule has 0 aromatic heterocycles. The van der Waals surface area contributed by atoms with E-state index in [0.717, 1.165) is 60.4 Å². The number of benzene rings is 4. The van der Waals surface area contributed by atoms with Crippen LogP contribution in [-0.2, 0) is 33.3 Å². The van der Waals surface area contributed by atoms with Crippen LogP contribution in [-0.4, -0.2) is 34.2 Å². The van der Waals surface area contributed by atoms with Crippen molar-refractivity contribution in [2.45, 2.75) is 75.8 Å². The first-order valence-electron chi connectivity index (χ1n) is 16.3. The van der Waals surface area contributed by atoms with Crippen LogP contribution < -0.4 is 18.8 Å². The molecular formula is C37H40N2O8S2. The van der Waals surface area contributed by atoms with Crippen LogP contribution in [0.2, 0.25) is 0 Å². The van der Waals surface area contributed by atoms with Gasteiger partial charge >= 0.3 is 20.2 Å². The molecule has 2 aliphatic rings. The molecule has 1 aliphatic carbocycles. The van der Waals surface area contributed by atoms with Crippen LogP contribution in [0.3, 0.4) is 0 Å². The molecule has 49 heavy (non-hydrogen) atoms. The van der Waals surface area contributed by atoms with Crippen molar-refractivity contribution >= 4 is 31.8 Å². The molecule has 0 saturated heterocycles. The van der Waals surface area contributed by atoms with E-state index >= 15 is 0 Å². The molecule has 12 heteroatoms. The standard InChI is InChI=1S/C37H40N2O8S2/c1-24-12-16-29(17-13-24)48(41,42)46-33-20-34(47-49(43,44)30-18-14-25(2)15-19-30)35(36(26(33)3)45-23-27-8-5-4-6-9-27)37(40)39-21-28-10-7-11-32(38)31(28)22-39/h7,10-20,27H,4-6,8-9,21-23,38H2,1-3H3. The summed E-state index contributed by atoms with van der Waals surface area (Å²) in [6.45, 7) is 5.90. The van der Waals surface area contributed by atoms with Gasteiger partial charge in [-0.05, 0) is 81.0 Å². The van der Waals surface area contributed by atoms with E-state index in [1.807, 2.05) is 26.0 Å². The minimum Gasteiger partial charge on any atom is -0.492 e. The molecule has 0 radical (unpaired) electrons. The van der Waals surface area contributed by atoms with E-state index in [9.17, 15) is 21.6 Å². The lowest BCUT2D eigenvalue weighted by molar-refractivity contribution is 0.0743. The SMILES string of the molecule is Cc1ccc(S(=O)(=O)Oc2cc(OS(=O)(=O)c3ccc(C)cc3)c(C(=O)N3Cc4cccc(N)c4C3)c(OCC3CCCCC3)c2C)cc1. The largest absolute Gasteiger partial charge is 0.492 e. The predicted molar refractivity (Wildman–Crippen MR) is 186 cm³/mol. The third-order valence-electron chi connectivity index (χ3n) is 9.17. The Labute approximate surface area is 288 Å². The van der Waals surface area contributed by atoms with Gasteiger partial charge in [-0.3, -0.25) is 4.79 Å². The number of anilines is 1. The molecule has 258 valence electrons. The summed E-state index contributed by atoms with van der Waals surface area (Å²) in [6.07, 6.45) is 5.10. The number of fused-ring (bicyclic) bond motifs is 1. The smallest absolute Gasteiger partial charge is 0.339 e. The van der Waals surface area contributed by atoms with Crippen molar-refractivity contribution in [1.82, 2.24) is 4.90 Å². The van der Waals surface area contributed by atoms with Gasteiger partial charge in [0.15, 0.2) is 11.5 Å². The zero-order chi connectivity index (χ0) is 34.9. The number of hydrogen-bond acceptors (Lipinski definition) is 9. The number of carbonyl (C=O) groups is 1. The number of nitrogens with two attached hydrogens (primary N) is 1. The summed E-state index contributed by atoms with van der Waals surface area (Å²) in [4.78, 5) is 15.9. The number of nitrogen functional groups attached to an aromatic ring is 1. The van der Waals surface area contributed by atoms with Crippen LogP contribution in [0.1, 0.15) is 70.3 Å². The molecule has 1 amide bonds. The second-order valence-electron chi connectivity index (χ2n) is 12.9. The Morgan fingerprint density at radius 3 is 1.92 bits per heavy atom. The summed E-state index contributed by atoms with van der Waals surface area (Å²) in [7, 11) is -8.89. The Morgan fingerprint density at radius 1 is 0.776 bits per heavy atom. The lowest BCUT2D eigenvalue weighted by Gasteiger charge is -2.26. The van der Waals surface area contributed by atoms with Crippen molar-refractivity contribution in [2.24, 2.45) is 5.92 Å². The van der Waals surface area contributed by atoms with Crippen LogP contribution in [0.25, 0.3) is 0 Å². The number of hydrogen-bond donors (Lipinski definition) is 1. The normalized spacial score (nSPS) is 15.1. The summed E-state index contributed by atoms with van der Waals surface area (Å²) in [5, 5.41) is 0. The van der Waals surface area contributed by atoms with E-state index in [4.69, 9.17) is 18.8 Å². The minimum absolute atomic E-state index is 0.00483. The van der Waals surface area contributed by atoms with Crippen molar-refractivity contribution in [3.05, 3.63) is 106 Å². The van der Waals surface area contributed by atoms with Crippen molar-refractivity contribution in [1.29, 1.82) is 0 Å². The molecular weight excluding hydrogens is 665 g/mol. The first-order valence-corrected chi connectivity index (χ1v) is 19.1. The Morgan fingerprint density at radius 2 is 1.35 bits per heavy atom. The molecule has 2 N–H and O–H groups in total. The third-order valence-corrected chi connectivity index (χ3v) is 11.7. The van der Waals surface area contributed by atoms with Crippen LogP contribution >= 0.6 is 0 Å². The Kier molecular flexibility index (Phi) is 9.63. The Bertz CT molecular complexity index is 2090. The van der Waals surface area contributed by atoms with E-state index in [0.29, 0.717) is 5.69 Å². The molecule has 0 spiro atoms. The van der Waals surface area contributed by atoms with Gasteiger partial charge in [0, 0.05) is 30.4 Å². The van der Waals surface area contributed by atoms with Gasteiger partial charge in [-0.1, -0.05) is 66.8 Å². The maximum atomic E-state index is 14.6. The number of nitrogens with zero attached hydrogens (tertiary/aromatic N) is 1. The van der Waals surface area contributed by atoms with E-state index in [1.54, 1.807) is 37.3 Å². The average Bonchev–Trinajstić information content (AvgIpc) is 3.52. The van der Waals surface area contributed by atoms with Crippen LogP contribution in [0.4, 0.5) is 5.69 Å². The summed E-state index contributed by atoms with van der Waals surface area (Å²) < 4.78 is 72.3. The molecule has 4 aromatic rings. The highest BCUT2D eigenvalue weighted by atomic mass is 32.2. The van der Waals surface area contributed by atoms with E-state index in [2.05, 4.69) is 0 Å². The van der Waals surface area contributed by atoms with Gasteiger partial charge < -0.3 is 23.7 Å². The van der Waals surface area contributed by atoms with Gasteiger partial charge in [0.05, 0.1) is 6.61 Å². The van der Waals surface area contributed by atoms with Gasteiger partial charge in [-0.2, -0.15) is 16.8 Å². The summed E-state index contributed by atoms with van der Waals surface area (Å²) >= 11 is 0. The summed E-state index contributed by atoms with van der Waals surface area (Å²) in [5.41, 5.74) is 10.2. The fraction of sp³-hybridized carbons (Fsp3) is 0.324. The highest BCUT2D eigenvalue weighted by Gasteiger charge is 2.35.